The number of halogens is 4. The van der Waals surface area contributed by atoms with Crippen LogP contribution in [0.3, 0.4) is 0 Å². The molecule has 168 valence electrons. The number of sulfonamides is 1. The highest BCUT2D eigenvalue weighted by Gasteiger charge is 2.38. The van der Waals surface area contributed by atoms with E-state index >= 15 is 0 Å². The Hall–Kier alpha value is -2.30. The zero-order chi connectivity index (χ0) is 22.8. The van der Waals surface area contributed by atoms with E-state index in [-0.39, 0.29) is 0 Å². The van der Waals surface area contributed by atoms with Gasteiger partial charge in [0.1, 0.15) is 0 Å². The van der Waals surface area contributed by atoms with Crippen LogP contribution in [0.15, 0.2) is 53.4 Å². The molecule has 3 rings (SSSR count). The molecule has 1 fully saturated rings. The molecule has 0 radical (unpaired) electrons. The van der Waals surface area contributed by atoms with Gasteiger partial charge in [-0.1, -0.05) is 35.9 Å². The lowest BCUT2D eigenvalue weighted by molar-refractivity contribution is -0.139. The number of hydrogen-bond acceptors (Lipinski definition) is 4. The zero-order valence-electron chi connectivity index (χ0n) is 16.6. The highest BCUT2D eigenvalue weighted by Crippen LogP contribution is 2.34. The number of nitrogens with zero attached hydrogens (tertiary/aromatic N) is 2. The molecule has 1 saturated heterocycles. The van der Waals surface area contributed by atoms with Crippen LogP contribution < -0.4 is 9.62 Å². The van der Waals surface area contributed by atoms with Crippen molar-refractivity contribution in [2.75, 3.05) is 31.1 Å². The van der Waals surface area contributed by atoms with Gasteiger partial charge in [-0.05, 0) is 31.2 Å². The lowest BCUT2D eigenvalue weighted by Gasteiger charge is -2.37. The topological polar surface area (TPSA) is 69.7 Å². The molecule has 0 aliphatic carbocycles. The van der Waals surface area contributed by atoms with Crippen molar-refractivity contribution in [1.82, 2.24) is 9.62 Å². The summed E-state index contributed by atoms with van der Waals surface area (Å²) in [6, 6.07) is 9.94. The molecule has 31 heavy (non-hydrogen) atoms. The standard InChI is InChI=1S/C20H21ClF3N3O3S/c1-14(25-31(29,30)18-9-5-2-6-15(18)20(22,23)24)19(28)27-12-10-26(11-13-27)17-8-4-3-7-16(17)21/h2-9,14,25H,10-13H2,1H3/t14-/m0/s1. The molecular formula is C20H21ClF3N3O3S. The number of anilines is 1. The first kappa shape index (κ1) is 23.4. The molecule has 1 atom stereocenters. The van der Waals surface area contributed by atoms with Crippen molar-refractivity contribution in [3.8, 4) is 0 Å². The molecule has 2 aromatic rings. The van der Waals surface area contributed by atoms with Crippen LogP contribution in [0.25, 0.3) is 0 Å². The number of alkyl halides is 3. The van der Waals surface area contributed by atoms with Gasteiger partial charge in [-0.2, -0.15) is 17.9 Å². The quantitative estimate of drug-likeness (QED) is 0.720. The summed E-state index contributed by atoms with van der Waals surface area (Å²) in [5, 5.41) is 0.590. The third-order valence-electron chi connectivity index (χ3n) is 4.97. The van der Waals surface area contributed by atoms with E-state index in [4.69, 9.17) is 11.6 Å². The van der Waals surface area contributed by atoms with E-state index in [1.165, 1.54) is 17.9 Å². The Bertz CT molecular complexity index is 1050. The second kappa shape index (κ2) is 9.05. The average molecular weight is 476 g/mol. The number of amides is 1. The molecule has 1 aliphatic heterocycles. The molecule has 0 bridgehead atoms. The normalized spacial score (nSPS) is 16.3. The second-order valence-electron chi connectivity index (χ2n) is 7.10. The summed E-state index contributed by atoms with van der Waals surface area (Å²) >= 11 is 6.20. The summed E-state index contributed by atoms with van der Waals surface area (Å²) in [6.07, 6.45) is -4.84. The monoisotopic (exact) mass is 475 g/mol. The molecule has 2 aromatic carbocycles. The molecule has 1 N–H and O–H groups in total. The SMILES string of the molecule is C[C@H](NS(=O)(=O)c1ccccc1C(F)(F)F)C(=O)N1CCN(c2ccccc2Cl)CC1. The van der Waals surface area contributed by atoms with Crippen LogP contribution in [-0.4, -0.2) is 51.4 Å². The third kappa shape index (κ3) is 5.31. The van der Waals surface area contributed by atoms with Crippen molar-refractivity contribution in [3.05, 3.63) is 59.1 Å². The fraction of sp³-hybridized carbons (Fsp3) is 0.350. The molecule has 0 spiro atoms. The number of carbonyl (C=O) groups is 1. The summed E-state index contributed by atoms with van der Waals surface area (Å²) in [6.45, 7) is 2.96. The van der Waals surface area contributed by atoms with E-state index in [2.05, 4.69) is 4.72 Å². The van der Waals surface area contributed by atoms with Crippen LogP contribution in [0.2, 0.25) is 5.02 Å². The van der Waals surface area contributed by atoms with E-state index in [1.807, 2.05) is 23.1 Å². The lowest BCUT2D eigenvalue weighted by atomic mass is 10.2. The number of benzene rings is 2. The zero-order valence-corrected chi connectivity index (χ0v) is 18.1. The van der Waals surface area contributed by atoms with Gasteiger partial charge in [0.2, 0.25) is 15.9 Å². The van der Waals surface area contributed by atoms with Gasteiger partial charge in [0.15, 0.2) is 0 Å². The maximum absolute atomic E-state index is 13.2. The summed E-state index contributed by atoms with van der Waals surface area (Å²) in [7, 11) is -4.56. The molecule has 0 aromatic heterocycles. The number of nitrogens with one attached hydrogen (secondary N) is 1. The number of para-hydroxylation sites is 1. The van der Waals surface area contributed by atoms with Crippen molar-refractivity contribution in [2.45, 2.75) is 24.0 Å². The molecular weight excluding hydrogens is 455 g/mol. The van der Waals surface area contributed by atoms with Gasteiger partial charge in [0, 0.05) is 26.2 Å². The minimum atomic E-state index is -4.84. The van der Waals surface area contributed by atoms with Gasteiger partial charge in [0.25, 0.3) is 0 Å². The minimum Gasteiger partial charge on any atom is -0.367 e. The Kier molecular flexibility index (Phi) is 6.82. The van der Waals surface area contributed by atoms with Gasteiger partial charge < -0.3 is 9.80 Å². The van der Waals surface area contributed by atoms with Crippen LogP contribution in [-0.2, 0) is 21.0 Å². The Labute approximate surface area is 183 Å². The largest absolute Gasteiger partial charge is 0.417 e. The molecule has 1 amide bonds. The maximum Gasteiger partial charge on any atom is 0.417 e. The van der Waals surface area contributed by atoms with Gasteiger partial charge >= 0.3 is 6.18 Å². The van der Waals surface area contributed by atoms with Crippen molar-refractivity contribution in [3.63, 3.8) is 0 Å². The van der Waals surface area contributed by atoms with E-state index in [0.717, 1.165) is 17.8 Å². The highest BCUT2D eigenvalue weighted by molar-refractivity contribution is 7.89. The Balaban J connectivity index is 1.67. The van der Waals surface area contributed by atoms with Crippen molar-refractivity contribution in [2.24, 2.45) is 0 Å². The Morgan fingerprint density at radius 2 is 1.61 bits per heavy atom. The number of hydrogen-bond donors (Lipinski definition) is 1. The first-order valence-corrected chi connectivity index (χ1v) is 11.3. The predicted octanol–water partition coefficient (Wildman–Crippen LogP) is 3.37. The predicted molar refractivity (Wildman–Crippen MR) is 111 cm³/mol. The van der Waals surface area contributed by atoms with E-state index < -0.39 is 38.6 Å². The Morgan fingerprint density at radius 1 is 1.03 bits per heavy atom. The van der Waals surface area contributed by atoms with Crippen LogP contribution in [0.5, 0.6) is 0 Å². The first-order chi connectivity index (χ1) is 14.5. The summed E-state index contributed by atoms with van der Waals surface area (Å²) in [5.41, 5.74) is -0.440. The molecule has 1 heterocycles. The highest BCUT2D eigenvalue weighted by atomic mass is 35.5. The van der Waals surface area contributed by atoms with Crippen LogP contribution in [0.1, 0.15) is 12.5 Å². The maximum atomic E-state index is 13.2. The molecule has 0 unspecified atom stereocenters. The molecule has 1 aliphatic rings. The van der Waals surface area contributed by atoms with Gasteiger partial charge in [-0.15, -0.1) is 0 Å². The van der Waals surface area contributed by atoms with E-state index in [1.54, 1.807) is 6.07 Å². The fourth-order valence-corrected chi connectivity index (χ4v) is 5.11. The van der Waals surface area contributed by atoms with Crippen molar-refractivity contribution in [1.29, 1.82) is 0 Å². The van der Waals surface area contributed by atoms with Gasteiger partial charge in [-0.3, -0.25) is 4.79 Å². The molecule has 0 saturated carbocycles. The summed E-state index contributed by atoms with van der Waals surface area (Å²) in [5.74, 6) is -0.508. The number of carbonyl (C=O) groups excluding carboxylic acids is 1. The van der Waals surface area contributed by atoms with Crippen molar-refractivity contribution < 1.29 is 26.4 Å². The van der Waals surface area contributed by atoms with Gasteiger partial charge in [0.05, 0.1) is 27.2 Å². The number of piperazine rings is 1. The lowest BCUT2D eigenvalue weighted by Crippen LogP contribution is -2.54. The third-order valence-corrected chi connectivity index (χ3v) is 6.89. The average Bonchev–Trinajstić information content (AvgIpc) is 2.73. The summed E-state index contributed by atoms with van der Waals surface area (Å²) < 4.78 is 66.8. The second-order valence-corrected chi connectivity index (χ2v) is 9.19. The molecule has 11 heteroatoms. The molecule has 6 nitrogen and oxygen atoms in total. The van der Waals surface area contributed by atoms with E-state index in [9.17, 15) is 26.4 Å². The van der Waals surface area contributed by atoms with Gasteiger partial charge in [-0.25, -0.2) is 8.42 Å². The smallest absolute Gasteiger partial charge is 0.367 e. The fourth-order valence-electron chi connectivity index (χ4n) is 3.43. The van der Waals surface area contributed by atoms with Crippen LogP contribution in [0, 0.1) is 0 Å². The Morgan fingerprint density at radius 3 is 2.23 bits per heavy atom. The van der Waals surface area contributed by atoms with Crippen LogP contribution >= 0.6 is 11.6 Å². The van der Waals surface area contributed by atoms with Crippen molar-refractivity contribution >= 4 is 33.2 Å². The number of rotatable bonds is 5. The summed E-state index contributed by atoms with van der Waals surface area (Å²) in [4.78, 5) is 15.3. The first-order valence-electron chi connectivity index (χ1n) is 9.47. The van der Waals surface area contributed by atoms with E-state index in [0.29, 0.717) is 37.3 Å². The minimum absolute atomic E-state index is 0.329. The van der Waals surface area contributed by atoms with Crippen LogP contribution in [0.4, 0.5) is 18.9 Å².